The third-order valence-electron chi connectivity index (χ3n) is 1.36. The number of carbonyl (C=O) groups is 2. The molecular weight excluding hydrogens is 174 g/mol. The van der Waals surface area contributed by atoms with Crippen molar-refractivity contribution in [2.24, 2.45) is 0 Å². The molecule has 1 aromatic rings. The fourth-order valence-corrected chi connectivity index (χ4v) is 0.852. The maximum absolute atomic E-state index is 10.4. The molecule has 1 heterocycles. The molecule has 0 spiro atoms. The minimum absolute atomic E-state index is 0.140. The number of carboxylic acids is 2. The van der Waals surface area contributed by atoms with E-state index in [9.17, 15) is 9.59 Å². The minimum Gasteiger partial charge on any atom is -0.481 e. The summed E-state index contributed by atoms with van der Waals surface area (Å²) in [6.45, 7) is 0. The third kappa shape index (κ3) is 2.55. The van der Waals surface area contributed by atoms with Crippen molar-refractivity contribution in [3.05, 3.63) is 29.6 Å². The molecule has 0 unspecified atom stereocenters. The zero-order chi connectivity index (χ0) is 9.84. The van der Waals surface area contributed by atoms with Crippen molar-refractivity contribution in [3.8, 4) is 0 Å². The Morgan fingerprint density at radius 1 is 1.31 bits per heavy atom. The molecule has 2 N–H and O–H groups in total. The first-order valence-electron chi connectivity index (χ1n) is 3.50. The fraction of sp³-hybridized carbons (Fsp3) is 0.125. The predicted octanol–water partition coefficient (Wildman–Crippen LogP) is 0.407. The Bertz CT molecular complexity index is 348. The predicted molar refractivity (Wildman–Crippen MR) is 42.5 cm³/mol. The standard InChI is InChI=1S/C8H7NO4/c10-7(11)4-5-2-1-3-6(9-5)8(12)13/h1-3H,4H2,(H,10,11)(H,12,13). The number of hydrogen-bond donors (Lipinski definition) is 2. The lowest BCUT2D eigenvalue weighted by Gasteiger charge is -1.97. The summed E-state index contributed by atoms with van der Waals surface area (Å²) in [5.41, 5.74) is 0.103. The largest absolute Gasteiger partial charge is 0.481 e. The zero-order valence-corrected chi connectivity index (χ0v) is 6.60. The fourth-order valence-electron chi connectivity index (χ4n) is 0.852. The normalized spacial score (nSPS) is 9.54. The van der Waals surface area contributed by atoms with E-state index in [1.807, 2.05) is 0 Å². The number of hydrogen-bond acceptors (Lipinski definition) is 3. The second kappa shape index (κ2) is 3.66. The molecule has 0 atom stereocenters. The van der Waals surface area contributed by atoms with E-state index in [0.29, 0.717) is 0 Å². The van der Waals surface area contributed by atoms with E-state index >= 15 is 0 Å². The first-order valence-corrected chi connectivity index (χ1v) is 3.50. The molecule has 0 aromatic carbocycles. The molecule has 0 fully saturated rings. The van der Waals surface area contributed by atoms with Gasteiger partial charge < -0.3 is 10.2 Å². The molecule has 1 rings (SSSR count). The molecule has 5 nitrogen and oxygen atoms in total. The highest BCUT2D eigenvalue weighted by Gasteiger charge is 2.06. The zero-order valence-electron chi connectivity index (χ0n) is 6.60. The second-order valence-electron chi connectivity index (χ2n) is 2.39. The van der Waals surface area contributed by atoms with Gasteiger partial charge >= 0.3 is 11.9 Å². The summed E-state index contributed by atoms with van der Waals surface area (Å²) in [6.07, 6.45) is -0.263. The van der Waals surface area contributed by atoms with Crippen LogP contribution in [-0.2, 0) is 11.2 Å². The van der Waals surface area contributed by atoms with Crippen LogP contribution in [0, 0.1) is 0 Å². The Morgan fingerprint density at radius 2 is 2.00 bits per heavy atom. The van der Waals surface area contributed by atoms with Crippen LogP contribution in [0.5, 0.6) is 0 Å². The molecular formula is C8H7NO4. The average Bonchev–Trinajstić information content (AvgIpc) is 2.03. The minimum atomic E-state index is -1.16. The molecule has 0 aliphatic carbocycles. The van der Waals surface area contributed by atoms with Crippen molar-refractivity contribution in [1.29, 1.82) is 0 Å². The van der Waals surface area contributed by atoms with Crippen LogP contribution in [0.15, 0.2) is 18.2 Å². The molecule has 0 radical (unpaired) electrons. The number of aromatic carboxylic acids is 1. The number of rotatable bonds is 3. The Hall–Kier alpha value is -1.91. The highest BCUT2D eigenvalue weighted by Crippen LogP contribution is 2.00. The van der Waals surface area contributed by atoms with Gasteiger partial charge in [0.25, 0.3) is 0 Å². The summed E-state index contributed by atoms with van der Waals surface area (Å²) in [5, 5.41) is 16.9. The second-order valence-corrected chi connectivity index (χ2v) is 2.39. The first-order chi connectivity index (χ1) is 6.09. The van der Waals surface area contributed by atoms with Gasteiger partial charge in [-0.25, -0.2) is 9.78 Å². The Kier molecular flexibility index (Phi) is 2.59. The van der Waals surface area contributed by atoms with Crippen LogP contribution >= 0.6 is 0 Å². The molecule has 0 aliphatic rings. The van der Waals surface area contributed by atoms with Gasteiger partial charge in [-0.2, -0.15) is 0 Å². The molecule has 13 heavy (non-hydrogen) atoms. The molecule has 1 aromatic heterocycles. The SMILES string of the molecule is O=C(O)Cc1cccc(C(=O)O)n1. The van der Waals surface area contributed by atoms with Crippen LogP contribution < -0.4 is 0 Å². The van der Waals surface area contributed by atoms with Gasteiger partial charge in [0.05, 0.1) is 12.1 Å². The van der Waals surface area contributed by atoms with Gasteiger partial charge in [0, 0.05) is 0 Å². The lowest BCUT2D eigenvalue weighted by molar-refractivity contribution is -0.136. The Balaban J connectivity index is 2.91. The maximum atomic E-state index is 10.4. The number of aliphatic carboxylic acids is 1. The van der Waals surface area contributed by atoms with Gasteiger partial charge in [0.2, 0.25) is 0 Å². The van der Waals surface area contributed by atoms with Gasteiger partial charge in [-0.3, -0.25) is 4.79 Å². The van der Waals surface area contributed by atoms with E-state index in [1.54, 1.807) is 0 Å². The number of pyridine rings is 1. The summed E-state index contributed by atoms with van der Waals surface area (Å²) < 4.78 is 0. The van der Waals surface area contributed by atoms with E-state index in [1.165, 1.54) is 18.2 Å². The monoisotopic (exact) mass is 181 g/mol. The van der Waals surface area contributed by atoms with E-state index in [2.05, 4.69) is 4.98 Å². The molecule has 0 saturated heterocycles. The molecule has 0 aliphatic heterocycles. The summed E-state index contributed by atoms with van der Waals surface area (Å²) in [7, 11) is 0. The quantitative estimate of drug-likeness (QED) is 0.704. The van der Waals surface area contributed by atoms with Crippen LogP contribution in [0.2, 0.25) is 0 Å². The van der Waals surface area contributed by atoms with Crippen molar-refractivity contribution >= 4 is 11.9 Å². The van der Waals surface area contributed by atoms with Crippen molar-refractivity contribution in [3.63, 3.8) is 0 Å². The van der Waals surface area contributed by atoms with Gasteiger partial charge in [0.15, 0.2) is 0 Å². The summed E-state index contributed by atoms with van der Waals surface area (Å²) in [5.74, 6) is -2.19. The lowest BCUT2D eigenvalue weighted by atomic mass is 10.2. The van der Waals surface area contributed by atoms with Crippen LogP contribution in [0.1, 0.15) is 16.2 Å². The van der Waals surface area contributed by atoms with Gasteiger partial charge in [-0.1, -0.05) is 6.07 Å². The van der Waals surface area contributed by atoms with Crippen molar-refractivity contribution < 1.29 is 19.8 Å². The molecule has 0 saturated carbocycles. The smallest absolute Gasteiger partial charge is 0.354 e. The topological polar surface area (TPSA) is 87.5 Å². The van der Waals surface area contributed by atoms with E-state index in [-0.39, 0.29) is 17.8 Å². The molecule has 68 valence electrons. The molecule has 5 heteroatoms. The first kappa shape index (κ1) is 9.18. The van der Waals surface area contributed by atoms with Crippen LogP contribution in [0.3, 0.4) is 0 Å². The summed E-state index contributed by atoms with van der Waals surface area (Å²) in [4.78, 5) is 24.3. The highest BCUT2D eigenvalue weighted by molar-refractivity contribution is 5.85. The van der Waals surface area contributed by atoms with Crippen molar-refractivity contribution in [1.82, 2.24) is 4.98 Å². The maximum Gasteiger partial charge on any atom is 0.354 e. The van der Waals surface area contributed by atoms with E-state index in [4.69, 9.17) is 10.2 Å². The lowest BCUT2D eigenvalue weighted by Crippen LogP contribution is -2.06. The Morgan fingerprint density at radius 3 is 2.54 bits per heavy atom. The average molecular weight is 181 g/mol. The van der Waals surface area contributed by atoms with Gasteiger partial charge in [-0.15, -0.1) is 0 Å². The van der Waals surface area contributed by atoms with Crippen molar-refractivity contribution in [2.45, 2.75) is 6.42 Å². The Labute approximate surface area is 73.7 Å². The van der Waals surface area contributed by atoms with Crippen molar-refractivity contribution in [2.75, 3.05) is 0 Å². The number of carboxylic acid groups (broad SMARTS) is 2. The number of nitrogens with zero attached hydrogens (tertiary/aromatic N) is 1. The molecule has 0 amide bonds. The third-order valence-corrected chi connectivity index (χ3v) is 1.36. The molecule has 0 bridgehead atoms. The number of aromatic nitrogens is 1. The summed E-state index contributed by atoms with van der Waals surface area (Å²) >= 11 is 0. The van der Waals surface area contributed by atoms with Crippen LogP contribution in [0.4, 0.5) is 0 Å². The van der Waals surface area contributed by atoms with E-state index in [0.717, 1.165) is 0 Å². The van der Waals surface area contributed by atoms with Crippen LogP contribution in [-0.4, -0.2) is 27.1 Å². The van der Waals surface area contributed by atoms with Gasteiger partial charge in [-0.05, 0) is 12.1 Å². The summed E-state index contributed by atoms with van der Waals surface area (Å²) in [6, 6.07) is 4.25. The van der Waals surface area contributed by atoms with Crippen LogP contribution in [0.25, 0.3) is 0 Å². The highest BCUT2D eigenvalue weighted by atomic mass is 16.4. The van der Waals surface area contributed by atoms with Gasteiger partial charge in [0.1, 0.15) is 5.69 Å². The van der Waals surface area contributed by atoms with E-state index < -0.39 is 11.9 Å².